The zero-order chi connectivity index (χ0) is 35.2. The topological polar surface area (TPSA) is 100 Å². The fourth-order valence-corrected chi connectivity index (χ4v) is 5.81. The second-order valence-corrected chi connectivity index (χ2v) is 13.7. The first-order valence-electron chi connectivity index (χ1n) is 20.2. The smallest absolute Gasteiger partial charge is 0.305 e. The van der Waals surface area contributed by atoms with Crippen LogP contribution in [-0.2, 0) is 33.3 Å². The molecule has 0 saturated carbocycles. The van der Waals surface area contributed by atoms with E-state index in [0.717, 1.165) is 38.5 Å². The van der Waals surface area contributed by atoms with E-state index < -0.39 is 6.04 Å². The normalized spacial score (nSPS) is 11.2. The first-order chi connectivity index (χ1) is 23.5. The Morgan fingerprint density at radius 3 is 1.15 bits per heavy atom. The molecule has 0 heterocycles. The molecule has 48 heavy (non-hydrogen) atoms. The fraction of sp³-hybridized carbons (Fsp3) is 0.925. The summed E-state index contributed by atoms with van der Waals surface area (Å²) >= 11 is 0. The van der Waals surface area contributed by atoms with Crippen molar-refractivity contribution in [1.29, 1.82) is 0 Å². The Hall–Kier alpha value is -1.67. The van der Waals surface area contributed by atoms with Gasteiger partial charge in [0.05, 0.1) is 19.3 Å². The van der Waals surface area contributed by atoms with Crippen LogP contribution >= 0.6 is 0 Å². The first-order valence-corrected chi connectivity index (χ1v) is 20.2. The molecule has 1 amide bonds. The van der Waals surface area contributed by atoms with Crippen molar-refractivity contribution in [2.45, 2.75) is 200 Å². The maximum absolute atomic E-state index is 12.4. The summed E-state index contributed by atoms with van der Waals surface area (Å²) in [5.74, 6) is -0.921. The van der Waals surface area contributed by atoms with E-state index in [1.54, 1.807) is 7.11 Å². The standard InChI is InChI=1S/C40H77NO7/c1-4-6-8-10-12-14-16-18-20-22-24-26-28-30-39(43)47-34-37(41-38(42)36-46-33-32-45-3)35-48-40(44)31-29-27-25-23-21-19-17-15-13-11-9-7-5-2/h37H,4-36H2,1-3H3,(H,41,42). The van der Waals surface area contributed by atoms with E-state index in [0.29, 0.717) is 26.1 Å². The molecule has 0 fully saturated rings. The number of esters is 2. The van der Waals surface area contributed by atoms with Gasteiger partial charge in [0.2, 0.25) is 5.91 Å². The van der Waals surface area contributed by atoms with Crippen LogP contribution < -0.4 is 5.32 Å². The van der Waals surface area contributed by atoms with Gasteiger partial charge in [0, 0.05) is 20.0 Å². The van der Waals surface area contributed by atoms with Gasteiger partial charge in [0.15, 0.2) is 0 Å². The highest BCUT2D eigenvalue weighted by Crippen LogP contribution is 2.14. The van der Waals surface area contributed by atoms with Crippen molar-refractivity contribution in [2.24, 2.45) is 0 Å². The molecule has 0 rings (SSSR count). The quantitative estimate of drug-likeness (QED) is 0.0511. The van der Waals surface area contributed by atoms with Crippen LogP contribution in [0.2, 0.25) is 0 Å². The maximum Gasteiger partial charge on any atom is 0.305 e. The van der Waals surface area contributed by atoms with Crippen LogP contribution in [0.25, 0.3) is 0 Å². The maximum atomic E-state index is 12.4. The van der Waals surface area contributed by atoms with Gasteiger partial charge in [-0.25, -0.2) is 0 Å². The second-order valence-electron chi connectivity index (χ2n) is 13.7. The van der Waals surface area contributed by atoms with Gasteiger partial charge in [-0.15, -0.1) is 0 Å². The zero-order valence-electron chi connectivity index (χ0n) is 31.8. The number of nitrogens with one attached hydrogen (secondary N) is 1. The summed E-state index contributed by atoms with van der Waals surface area (Å²) < 4.78 is 21.2. The van der Waals surface area contributed by atoms with Gasteiger partial charge in [-0.3, -0.25) is 14.4 Å². The van der Waals surface area contributed by atoms with Crippen molar-refractivity contribution in [2.75, 3.05) is 40.1 Å². The van der Waals surface area contributed by atoms with E-state index >= 15 is 0 Å². The molecule has 0 aromatic carbocycles. The number of ether oxygens (including phenoxy) is 4. The summed E-state index contributed by atoms with van der Waals surface area (Å²) in [7, 11) is 1.57. The van der Waals surface area contributed by atoms with Crippen molar-refractivity contribution >= 4 is 17.8 Å². The van der Waals surface area contributed by atoms with Gasteiger partial charge in [0.1, 0.15) is 19.8 Å². The van der Waals surface area contributed by atoms with Crippen LogP contribution in [-0.4, -0.2) is 64.0 Å². The Morgan fingerprint density at radius 2 is 0.812 bits per heavy atom. The van der Waals surface area contributed by atoms with Gasteiger partial charge in [-0.05, 0) is 12.8 Å². The highest BCUT2D eigenvalue weighted by Gasteiger charge is 2.18. The van der Waals surface area contributed by atoms with Crippen LogP contribution in [0.3, 0.4) is 0 Å². The molecule has 0 aromatic heterocycles. The summed E-state index contributed by atoms with van der Waals surface area (Å²) in [5, 5.41) is 2.78. The highest BCUT2D eigenvalue weighted by atomic mass is 16.5. The number of hydrogen-bond acceptors (Lipinski definition) is 7. The largest absolute Gasteiger partial charge is 0.463 e. The summed E-state index contributed by atoms with van der Waals surface area (Å²) in [6.45, 7) is 5.00. The van der Waals surface area contributed by atoms with Gasteiger partial charge < -0.3 is 24.3 Å². The number of methoxy groups -OCH3 is 1. The number of hydrogen-bond donors (Lipinski definition) is 1. The second kappa shape index (κ2) is 38.1. The van der Waals surface area contributed by atoms with Gasteiger partial charge in [-0.2, -0.15) is 0 Å². The molecule has 0 radical (unpaired) electrons. The number of carbonyl (C=O) groups excluding carboxylic acids is 3. The number of carbonyl (C=O) groups is 3. The number of unbranched alkanes of at least 4 members (excludes halogenated alkanes) is 24. The third kappa shape index (κ3) is 35.6. The lowest BCUT2D eigenvalue weighted by Gasteiger charge is -2.19. The van der Waals surface area contributed by atoms with E-state index in [2.05, 4.69) is 19.2 Å². The van der Waals surface area contributed by atoms with Gasteiger partial charge in [-0.1, -0.05) is 168 Å². The van der Waals surface area contributed by atoms with Gasteiger partial charge in [0.25, 0.3) is 0 Å². The average molecular weight is 684 g/mol. The third-order valence-corrected chi connectivity index (χ3v) is 8.89. The van der Waals surface area contributed by atoms with Crippen molar-refractivity contribution in [3.05, 3.63) is 0 Å². The van der Waals surface area contributed by atoms with Crippen molar-refractivity contribution < 1.29 is 33.3 Å². The van der Waals surface area contributed by atoms with Gasteiger partial charge >= 0.3 is 11.9 Å². The summed E-state index contributed by atoms with van der Waals surface area (Å²) in [6, 6.07) is -0.616. The van der Waals surface area contributed by atoms with E-state index in [4.69, 9.17) is 18.9 Å². The lowest BCUT2D eigenvalue weighted by molar-refractivity contribution is -0.149. The average Bonchev–Trinajstić information content (AvgIpc) is 3.08. The predicted molar refractivity (Wildman–Crippen MR) is 197 cm³/mol. The van der Waals surface area contributed by atoms with Crippen molar-refractivity contribution in [3.8, 4) is 0 Å². The summed E-state index contributed by atoms with van der Waals surface area (Å²) in [6.07, 6.45) is 33.2. The minimum Gasteiger partial charge on any atom is -0.463 e. The van der Waals surface area contributed by atoms with Crippen LogP contribution in [0.1, 0.15) is 194 Å². The molecule has 284 valence electrons. The molecule has 0 bridgehead atoms. The molecule has 0 aliphatic rings. The minimum atomic E-state index is -0.616. The molecule has 0 saturated heterocycles. The molecular formula is C40H77NO7. The lowest BCUT2D eigenvalue weighted by Crippen LogP contribution is -2.44. The van der Waals surface area contributed by atoms with E-state index in [1.165, 1.54) is 128 Å². The highest BCUT2D eigenvalue weighted by molar-refractivity contribution is 5.77. The number of rotatable bonds is 38. The van der Waals surface area contributed by atoms with E-state index in [1.807, 2.05) is 0 Å². The molecular weight excluding hydrogens is 606 g/mol. The minimum absolute atomic E-state index is 0.0346. The van der Waals surface area contributed by atoms with E-state index in [9.17, 15) is 14.4 Å². The molecule has 0 spiro atoms. The molecule has 0 aromatic rings. The SMILES string of the molecule is CCCCCCCCCCCCCCCC(=O)OCC(COC(=O)CCCCCCCCCCCCCCC)NC(=O)COCCOC. The number of amides is 1. The first kappa shape index (κ1) is 46.3. The zero-order valence-corrected chi connectivity index (χ0v) is 31.8. The van der Waals surface area contributed by atoms with Crippen LogP contribution in [0.15, 0.2) is 0 Å². The van der Waals surface area contributed by atoms with E-state index in [-0.39, 0.29) is 37.7 Å². The molecule has 0 unspecified atom stereocenters. The summed E-state index contributed by atoms with van der Waals surface area (Å²) in [5.41, 5.74) is 0. The Bertz CT molecular complexity index is 672. The lowest BCUT2D eigenvalue weighted by atomic mass is 10.0. The summed E-state index contributed by atoms with van der Waals surface area (Å²) in [4.78, 5) is 37.1. The van der Waals surface area contributed by atoms with Crippen molar-refractivity contribution in [3.63, 3.8) is 0 Å². The Morgan fingerprint density at radius 1 is 0.479 bits per heavy atom. The molecule has 0 aliphatic heterocycles. The Kier molecular flexibility index (Phi) is 36.8. The Balaban J connectivity index is 4.11. The molecule has 0 atom stereocenters. The van der Waals surface area contributed by atoms with Crippen LogP contribution in [0, 0.1) is 0 Å². The van der Waals surface area contributed by atoms with Crippen LogP contribution in [0.5, 0.6) is 0 Å². The molecule has 1 N–H and O–H groups in total. The third-order valence-electron chi connectivity index (χ3n) is 8.89. The molecule has 8 heteroatoms. The predicted octanol–water partition coefficient (Wildman–Crippen LogP) is 10.2. The molecule has 8 nitrogen and oxygen atoms in total. The molecule has 0 aliphatic carbocycles. The van der Waals surface area contributed by atoms with Crippen LogP contribution in [0.4, 0.5) is 0 Å². The van der Waals surface area contributed by atoms with Crippen molar-refractivity contribution in [1.82, 2.24) is 5.32 Å². The Labute approximate surface area is 295 Å². The fourth-order valence-electron chi connectivity index (χ4n) is 5.81. The monoisotopic (exact) mass is 684 g/mol.